The molecule has 2 N–H and O–H groups in total. The number of methoxy groups -OCH3 is 2. The Bertz CT molecular complexity index is 830. The maximum absolute atomic E-state index is 12.8. The molecule has 0 spiro atoms. The van der Waals surface area contributed by atoms with E-state index in [-0.39, 0.29) is 12.1 Å². The number of fused-ring (bicyclic) bond motifs is 3. The van der Waals surface area contributed by atoms with Gasteiger partial charge < -0.3 is 20.1 Å². The summed E-state index contributed by atoms with van der Waals surface area (Å²) in [7, 11) is 3.22. The summed E-state index contributed by atoms with van der Waals surface area (Å²) in [6.07, 6.45) is 2.96. The number of amides is 1. The van der Waals surface area contributed by atoms with Gasteiger partial charge in [-0.15, -0.1) is 11.3 Å². The van der Waals surface area contributed by atoms with Gasteiger partial charge >= 0.3 is 0 Å². The Labute approximate surface area is 151 Å². The first-order valence-electron chi connectivity index (χ1n) is 8.54. The second-order valence-electron chi connectivity index (χ2n) is 6.72. The molecule has 1 aromatic carbocycles. The molecule has 25 heavy (non-hydrogen) atoms. The number of carbonyl (C=O) groups is 1. The van der Waals surface area contributed by atoms with Gasteiger partial charge in [0.2, 0.25) is 0 Å². The average Bonchev–Trinajstić information content (AvgIpc) is 2.98. The van der Waals surface area contributed by atoms with Gasteiger partial charge in [-0.3, -0.25) is 4.79 Å². The zero-order valence-electron chi connectivity index (χ0n) is 14.6. The predicted molar refractivity (Wildman–Crippen MR) is 98.9 cm³/mol. The molecule has 0 radical (unpaired) electrons. The number of hydrogen-bond acceptors (Lipinski definition) is 5. The molecule has 1 aromatic heterocycles. The SMILES string of the molecule is COc1ccc([C@H]2NC(=O)c3c(sc4c3CC[C@@H](C)C4)N2)cc1OC. The number of carbonyl (C=O) groups excluding carboxylic acids is 1. The second kappa shape index (κ2) is 6.26. The number of rotatable bonds is 3. The molecule has 4 rings (SSSR count). The molecule has 2 heterocycles. The average molecular weight is 358 g/mol. The molecule has 0 unspecified atom stereocenters. The maximum Gasteiger partial charge on any atom is 0.256 e. The van der Waals surface area contributed by atoms with E-state index in [1.54, 1.807) is 25.6 Å². The molecule has 0 fully saturated rings. The summed E-state index contributed by atoms with van der Waals surface area (Å²) in [5, 5.41) is 7.57. The third-order valence-electron chi connectivity index (χ3n) is 5.03. The van der Waals surface area contributed by atoms with Gasteiger partial charge in [-0.2, -0.15) is 0 Å². The molecule has 6 heteroatoms. The first-order valence-corrected chi connectivity index (χ1v) is 9.36. The van der Waals surface area contributed by atoms with Crippen LogP contribution in [0.5, 0.6) is 11.5 Å². The first kappa shape index (κ1) is 16.3. The van der Waals surface area contributed by atoms with Gasteiger partial charge in [-0.25, -0.2) is 0 Å². The zero-order chi connectivity index (χ0) is 17.6. The molecule has 0 bridgehead atoms. The lowest BCUT2D eigenvalue weighted by Gasteiger charge is -2.27. The summed E-state index contributed by atoms with van der Waals surface area (Å²) in [4.78, 5) is 14.1. The van der Waals surface area contributed by atoms with E-state index in [4.69, 9.17) is 9.47 Å². The van der Waals surface area contributed by atoms with E-state index in [0.29, 0.717) is 17.4 Å². The summed E-state index contributed by atoms with van der Waals surface area (Å²) in [6, 6.07) is 5.70. The monoisotopic (exact) mass is 358 g/mol. The summed E-state index contributed by atoms with van der Waals surface area (Å²) < 4.78 is 10.7. The molecule has 2 aliphatic rings. The van der Waals surface area contributed by atoms with Crippen LogP contribution in [0.2, 0.25) is 0 Å². The van der Waals surface area contributed by atoms with Crippen LogP contribution in [0, 0.1) is 5.92 Å². The van der Waals surface area contributed by atoms with E-state index in [1.807, 2.05) is 18.2 Å². The number of anilines is 1. The predicted octanol–water partition coefficient (Wildman–Crippen LogP) is 3.74. The minimum absolute atomic E-state index is 0.0144. The minimum Gasteiger partial charge on any atom is -0.493 e. The highest BCUT2D eigenvalue weighted by molar-refractivity contribution is 7.16. The van der Waals surface area contributed by atoms with Gasteiger partial charge in [0.1, 0.15) is 11.2 Å². The zero-order valence-corrected chi connectivity index (χ0v) is 15.5. The maximum atomic E-state index is 12.8. The number of nitrogens with one attached hydrogen (secondary N) is 2. The summed E-state index contributed by atoms with van der Waals surface area (Å²) >= 11 is 1.73. The topological polar surface area (TPSA) is 59.6 Å². The lowest BCUT2D eigenvalue weighted by atomic mass is 9.88. The van der Waals surface area contributed by atoms with Crippen LogP contribution >= 0.6 is 11.3 Å². The van der Waals surface area contributed by atoms with Crippen molar-refractivity contribution in [2.75, 3.05) is 19.5 Å². The Kier molecular flexibility index (Phi) is 4.07. The quantitative estimate of drug-likeness (QED) is 0.877. The molecular formula is C19H22N2O3S. The lowest BCUT2D eigenvalue weighted by molar-refractivity contribution is 0.0935. The third kappa shape index (κ3) is 2.74. The molecule has 2 aromatic rings. The summed E-state index contributed by atoms with van der Waals surface area (Å²) in [5.41, 5.74) is 3.04. The normalized spacial score (nSPS) is 21.6. The van der Waals surface area contributed by atoms with Crippen molar-refractivity contribution >= 4 is 22.2 Å². The molecule has 0 saturated heterocycles. The number of benzene rings is 1. The van der Waals surface area contributed by atoms with Crippen molar-refractivity contribution in [1.82, 2.24) is 5.32 Å². The van der Waals surface area contributed by atoms with Crippen LogP contribution in [0.4, 0.5) is 5.00 Å². The van der Waals surface area contributed by atoms with Gasteiger partial charge in [0, 0.05) is 4.88 Å². The van der Waals surface area contributed by atoms with Crippen LogP contribution in [0.1, 0.15) is 45.9 Å². The van der Waals surface area contributed by atoms with E-state index >= 15 is 0 Å². The first-order chi connectivity index (χ1) is 12.1. The molecule has 1 aliphatic heterocycles. The van der Waals surface area contributed by atoms with Crippen LogP contribution in [-0.4, -0.2) is 20.1 Å². The van der Waals surface area contributed by atoms with E-state index in [2.05, 4.69) is 17.6 Å². The summed E-state index contributed by atoms with van der Waals surface area (Å²) in [6.45, 7) is 2.28. The highest BCUT2D eigenvalue weighted by Gasteiger charge is 2.33. The van der Waals surface area contributed by atoms with Crippen LogP contribution < -0.4 is 20.1 Å². The smallest absolute Gasteiger partial charge is 0.256 e. The van der Waals surface area contributed by atoms with Gasteiger partial charge in [-0.05, 0) is 48.4 Å². The Morgan fingerprint density at radius 3 is 2.72 bits per heavy atom. The highest BCUT2D eigenvalue weighted by Crippen LogP contribution is 2.43. The number of thiophene rings is 1. The van der Waals surface area contributed by atoms with E-state index in [9.17, 15) is 4.79 Å². The van der Waals surface area contributed by atoms with Crippen LogP contribution in [0.25, 0.3) is 0 Å². The molecule has 2 atom stereocenters. The number of ether oxygens (including phenoxy) is 2. The fraction of sp³-hybridized carbons (Fsp3) is 0.421. The fourth-order valence-corrected chi connectivity index (χ4v) is 5.10. The van der Waals surface area contributed by atoms with Crippen molar-refractivity contribution in [3.05, 3.63) is 39.8 Å². The van der Waals surface area contributed by atoms with Crippen molar-refractivity contribution in [2.24, 2.45) is 5.92 Å². The number of hydrogen-bond donors (Lipinski definition) is 2. The van der Waals surface area contributed by atoms with Crippen molar-refractivity contribution in [2.45, 2.75) is 32.4 Å². The molecule has 1 amide bonds. The second-order valence-corrected chi connectivity index (χ2v) is 7.83. The van der Waals surface area contributed by atoms with Gasteiger partial charge in [-0.1, -0.05) is 13.0 Å². The van der Waals surface area contributed by atoms with Crippen molar-refractivity contribution in [1.29, 1.82) is 0 Å². The van der Waals surface area contributed by atoms with Crippen molar-refractivity contribution in [3.8, 4) is 11.5 Å². The lowest BCUT2D eigenvalue weighted by Crippen LogP contribution is -2.38. The molecule has 5 nitrogen and oxygen atoms in total. The summed E-state index contributed by atoms with van der Waals surface area (Å²) in [5.74, 6) is 2.04. The van der Waals surface area contributed by atoms with E-state index in [1.165, 1.54) is 10.4 Å². The standard InChI is InChI=1S/C19H22N2O3S/c1-10-4-6-12-15(8-10)25-19-16(12)18(22)20-17(21-19)11-5-7-13(23-2)14(9-11)24-3/h5,7,9-10,17,21H,4,6,8H2,1-3H3,(H,20,22)/t10-,17+/m1/s1. The minimum atomic E-state index is -0.266. The Hall–Kier alpha value is -2.21. The molecular weight excluding hydrogens is 336 g/mol. The Balaban J connectivity index is 1.67. The highest BCUT2D eigenvalue weighted by atomic mass is 32.1. The van der Waals surface area contributed by atoms with Gasteiger partial charge in [0.25, 0.3) is 5.91 Å². The van der Waals surface area contributed by atoms with Crippen LogP contribution in [-0.2, 0) is 12.8 Å². The third-order valence-corrected chi connectivity index (χ3v) is 6.22. The van der Waals surface area contributed by atoms with E-state index < -0.39 is 0 Å². The van der Waals surface area contributed by atoms with Gasteiger partial charge in [0.05, 0.1) is 19.8 Å². The van der Waals surface area contributed by atoms with Gasteiger partial charge in [0.15, 0.2) is 11.5 Å². The van der Waals surface area contributed by atoms with Crippen molar-refractivity contribution < 1.29 is 14.3 Å². The van der Waals surface area contributed by atoms with Crippen LogP contribution in [0.3, 0.4) is 0 Å². The Morgan fingerprint density at radius 2 is 1.96 bits per heavy atom. The van der Waals surface area contributed by atoms with Crippen LogP contribution in [0.15, 0.2) is 18.2 Å². The molecule has 132 valence electrons. The molecule has 1 aliphatic carbocycles. The Morgan fingerprint density at radius 1 is 1.16 bits per heavy atom. The fourth-order valence-electron chi connectivity index (χ4n) is 3.66. The van der Waals surface area contributed by atoms with E-state index in [0.717, 1.165) is 35.4 Å². The van der Waals surface area contributed by atoms with Crippen molar-refractivity contribution in [3.63, 3.8) is 0 Å². The molecule has 0 saturated carbocycles. The largest absolute Gasteiger partial charge is 0.493 e.